The van der Waals surface area contributed by atoms with Crippen LogP contribution < -0.4 is 9.58 Å². The number of hydrogen-bond acceptors (Lipinski definition) is 3. The van der Waals surface area contributed by atoms with Crippen LogP contribution in [0.4, 0.5) is 0 Å². The van der Waals surface area contributed by atoms with Crippen LogP contribution in [0.5, 0.6) is 0 Å². The molecular weight excluding hydrogens is 158 g/mol. The zero-order chi connectivity index (χ0) is 8.55. The van der Waals surface area contributed by atoms with Crippen LogP contribution in [0.15, 0.2) is 30.7 Å². The normalized spacial score (nSPS) is 10.3. The summed E-state index contributed by atoms with van der Waals surface area (Å²) in [6, 6.07) is 3.04. The molecule has 0 aromatic carbocycles. The predicted octanol–water partition coefficient (Wildman–Crippen LogP) is -0.498. The van der Waals surface area contributed by atoms with Gasteiger partial charge in [0.1, 0.15) is 5.39 Å². The molecule has 0 atom stereocenters. The van der Waals surface area contributed by atoms with Crippen molar-refractivity contribution in [2.24, 2.45) is 0 Å². The van der Waals surface area contributed by atoms with Crippen molar-refractivity contribution in [3.05, 3.63) is 41.1 Å². The van der Waals surface area contributed by atoms with Gasteiger partial charge in [-0.15, -0.1) is 0 Å². The molecule has 2 aromatic heterocycles. The lowest BCUT2D eigenvalue weighted by atomic mass is 10.3. The molecule has 0 saturated heterocycles. The average molecular weight is 163 g/mol. The van der Waals surface area contributed by atoms with Gasteiger partial charge in [-0.25, -0.2) is 0 Å². The molecule has 0 aliphatic rings. The Balaban J connectivity index is 2.86. The van der Waals surface area contributed by atoms with Gasteiger partial charge in [0.2, 0.25) is 0 Å². The lowest BCUT2D eigenvalue weighted by Gasteiger charge is -1.97. The van der Waals surface area contributed by atoms with Crippen LogP contribution >= 0.6 is 0 Å². The van der Waals surface area contributed by atoms with Gasteiger partial charge in [-0.3, -0.25) is 0 Å². The minimum Gasteiger partial charge on any atom is -0.619 e. The number of fused-ring (bicyclic) bond motifs is 1. The Morgan fingerprint density at radius 1 is 1.25 bits per heavy atom. The lowest BCUT2D eigenvalue weighted by molar-refractivity contribution is -0.644. The van der Waals surface area contributed by atoms with Crippen LogP contribution in [0.1, 0.15) is 0 Å². The molecule has 12 heavy (non-hydrogen) atoms. The fourth-order valence-electron chi connectivity index (χ4n) is 1.03. The largest absolute Gasteiger partial charge is 0.619 e. The Hall–Kier alpha value is -1.91. The maximum Gasteiger partial charge on any atom is 0.264 e. The molecule has 0 aliphatic carbocycles. The fraction of sp³-hybridized carbons (Fsp3) is 0. The van der Waals surface area contributed by atoms with E-state index in [1.807, 2.05) is 0 Å². The summed E-state index contributed by atoms with van der Waals surface area (Å²) in [6.45, 7) is 0. The smallest absolute Gasteiger partial charge is 0.264 e. The van der Waals surface area contributed by atoms with E-state index < -0.39 is 0 Å². The molecule has 0 N–H and O–H groups in total. The molecule has 5 heteroatoms. The van der Waals surface area contributed by atoms with Crippen LogP contribution in [-0.2, 0) is 0 Å². The van der Waals surface area contributed by atoms with E-state index in [0.29, 0.717) is 20.5 Å². The van der Waals surface area contributed by atoms with Crippen molar-refractivity contribution in [1.82, 2.24) is 5.10 Å². The topological polar surface area (TPSA) is 66.8 Å². The number of hydrogen-bond donors (Lipinski definition) is 0. The molecule has 0 fully saturated rings. The van der Waals surface area contributed by atoms with E-state index in [-0.39, 0.29) is 0 Å². The molecular formula is C7H5N3O2. The van der Waals surface area contributed by atoms with Gasteiger partial charge in [-0.1, -0.05) is 0 Å². The zero-order valence-electron chi connectivity index (χ0n) is 6.04. The highest BCUT2D eigenvalue weighted by Gasteiger charge is 2.05. The Morgan fingerprint density at radius 2 is 2.08 bits per heavy atom. The van der Waals surface area contributed by atoms with Crippen molar-refractivity contribution < 1.29 is 9.58 Å². The van der Waals surface area contributed by atoms with Gasteiger partial charge in [0.25, 0.3) is 5.52 Å². The second-order valence-corrected chi connectivity index (χ2v) is 2.35. The average Bonchev–Trinajstić information content (AvgIpc) is 2.04. The third-order valence-electron chi connectivity index (χ3n) is 1.57. The Morgan fingerprint density at radius 3 is 2.92 bits per heavy atom. The van der Waals surface area contributed by atoms with Gasteiger partial charge in [-0.05, 0) is 10.9 Å². The Labute approximate surface area is 67.7 Å². The molecule has 0 unspecified atom stereocenters. The van der Waals surface area contributed by atoms with Gasteiger partial charge in [0.15, 0.2) is 12.4 Å². The molecule has 0 aliphatic heterocycles. The number of aromatic nitrogens is 3. The molecule has 2 heterocycles. The minimum atomic E-state index is 0.393. The highest BCUT2D eigenvalue weighted by molar-refractivity contribution is 5.72. The quantitative estimate of drug-likeness (QED) is 0.388. The summed E-state index contributed by atoms with van der Waals surface area (Å²) in [5.74, 6) is 0. The Kier molecular flexibility index (Phi) is 1.30. The fourth-order valence-corrected chi connectivity index (χ4v) is 1.03. The van der Waals surface area contributed by atoms with Gasteiger partial charge in [0, 0.05) is 5.10 Å². The first-order valence-electron chi connectivity index (χ1n) is 3.35. The lowest BCUT2D eigenvalue weighted by Crippen LogP contribution is -2.33. The first-order valence-corrected chi connectivity index (χ1v) is 3.35. The van der Waals surface area contributed by atoms with Gasteiger partial charge < -0.3 is 10.4 Å². The maximum absolute atomic E-state index is 11.0. The third kappa shape index (κ3) is 0.914. The van der Waals surface area contributed by atoms with Crippen molar-refractivity contribution in [3.8, 4) is 0 Å². The van der Waals surface area contributed by atoms with Crippen LogP contribution in [0.3, 0.4) is 0 Å². The van der Waals surface area contributed by atoms with Crippen molar-refractivity contribution >= 4 is 10.9 Å². The van der Waals surface area contributed by atoms with Crippen LogP contribution in [-0.4, -0.2) is 5.10 Å². The SMILES string of the molecule is [O-][n+]1ccc2c(ccn[n+]2[O-])c1. The first-order chi connectivity index (χ1) is 5.77. The highest BCUT2D eigenvalue weighted by Crippen LogP contribution is 2.02. The van der Waals surface area contributed by atoms with E-state index in [9.17, 15) is 10.4 Å². The minimum absolute atomic E-state index is 0.393. The van der Waals surface area contributed by atoms with Gasteiger partial charge in [-0.2, -0.15) is 4.73 Å². The summed E-state index contributed by atoms with van der Waals surface area (Å²) in [5.41, 5.74) is 0.393. The Bertz CT molecular complexity index is 430. The molecule has 0 bridgehead atoms. The summed E-state index contributed by atoms with van der Waals surface area (Å²) < 4.78 is 0.641. The molecule has 2 aromatic rings. The van der Waals surface area contributed by atoms with Crippen molar-refractivity contribution in [2.45, 2.75) is 0 Å². The van der Waals surface area contributed by atoms with Gasteiger partial charge in [0.05, 0.1) is 12.3 Å². The molecule has 0 amide bonds. The van der Waals surface area contributed by atoms with E-state index in [1.54, 1.807) is 6.07 Å². The van der Waals surface area contributed by atoms with Gasteiger partial charge >= 0.3 is 0 Å². The summed E-state index contributed by atoms with van der Waals surface area (Å²) in [5, 5.41) is 25.8. The second kappa shape index (κ2) is 2.30. The van der Waals surface area contributed by atoms with Crippen molar-refractivity contribution in [1.29, 1.82) is 0 Å². The number of nitrogens with zero attached hydrogens (tertiary/aromatic N) is 3. The zero-order valence-corrected chi connectivity index (χ0v) is 6.04. The molecule has 5 nitrogen and oxygen atoms in total. The summed E-state index contributed by atoms with van der Waals surface area (Å²) in [4.78, 5) is 0.481. The second-order valence-electron chi connectivity index (χ2n) is 2.35. The van der Waals surface area contributed by atoms with Crippen LogP contribution in [0, 0.1) is 10.4 Å². The van der Waals surface area contributed by atoms with Crippen molar-refractivity contribution in [3.63, 3.8) is 0 Å². The summed E-state index contributed by atoms with van der Waals surface area (Å²) in [6.07, 6.45) is 3.94. The molecule has 0 spiro atoms. The number of rotatable bonds is 0. The third-order valence-corrected chi connectivity index (χ3v) is 1.57. The van der Waals surface area contributed by atoms with E-state index in [1.165, 1.54) is 24.7 Å². The van der Waals surface area contributed by atoms with Crippen molar-refractivity contribution in [2.75, 3.05) is 0 Å². The van der Waals surface area contributed by atoms with Crippen LogP contribution in [0.25, 0.3) is 10.9 Å². The van der Waals surface area contributed by atoms with E-state index in [4.69, 9.17) is 0 Å². The molecule has 0 saturated carbocycles. The maximum atomic E-state index is 11.0. The highest BCUT2D eigenvalue weighted by atomic mass is 16.5. The van der Waals surface area contributed by atoms with E-state index >= 15 is 0 Å². The molecule has 2 rings (SSSR count). The molecule has 60 valence electrons. The first kappa shape index (κ1) is 6.78. The van der Waals surface area contributed by atoms with Crippen LogP contribution in [0.2, 0.25) is 0 Å². The van der Waals surface area contributed by atoms with E-state index in [2.05, 4.69) is 5.10 Å². The summed E-state index contributed by atoms with van der Waals surface area (Å²) in [7, 11) is 0. The summed E-state index contributed by atoms with van der Waals surface area (Å²) >= 11 is 0. The molecule has 0 radical (unpaired) electrons. The standard InChI is InChI=1S/C7H5N3O2/c11-9-4-2-7-6(5-9)1-3-8-10(7)12/h1-5H. The predicted molar refractivity (Wildman–Crippen MR) is 39.7 cm³/mol. The number of pyridine rings is 1. The van der Waals surface area contributed by atoms with E-state index in [0.717, 1.165) is 0 Å². The monoisotopic (exact) mass is 163 g/mol.